The zero-order chi connectivity index (χ0) is 18.1. The van der Waals surface area contributed by atoms with Crippen LogP contribution in [-0.2, 0) is 6.54 Å². The third-order valence-electron chi connectivity index (χ3n) is 4.24. The van der Waals surface area contributed by atoms with Crippen molar-refractivity contribution in [2.24, 2.45) is 0 Å². The predicted octanol–water partition coefficient (Wildman–Crippen LogP) is 2.41. The number of hydrogen-bond donors (Lipinski definition) is 2. The van der Waals surface area contributed by atoms with Gasteiger partial charge in [0.15, 0.2) is 5.82 Å². The second kappa shape index (κ2) is 6.29. The van der Waals surface area contributed by atoms with Gasteiger partial charge in [-0.15, -0.1) is 10.2 Å². The molecule has 1 amide bonds. The molecule has 3 aromatic rings. The van der Waals surface area contributed by atoms with Crippen molar-refractivity contribution in [2.45, 2.75) is 19.5 Å². The van der Waals surface area contributed by atoms with Crippen LogP contribution in [0.2, 0.25) is 0 Å². The minimum absolute atomic E-state index is 0.0955. The first-order valence-corrected chi connectivity index (χ1v) is 8.11. The standard InChI is InChI=1S/C18H15N7O/c1-11(8-19)25-10-21-24-17(25)14-6-3-7-15(23-14)22-13-5-2-4-12-9-20-18(26)16(12)13/h2-7,10-11H,9H2,1H3,(H,20,26)(H,22,23). The fourth-order valence-electron chi connectivity index (χ4n) is 2.92. The Morgan fingerprint density at radius 3 is 3.00 bits per heavy atom. The van der Waals surface area contributed by atoms with Gasteiger partial charge < -0.3 is 10.6 Å². The number of hydrogen-bond acceptors (Lipinski definition) is 6. The first-order valence-electron chi connectivity index (χ1n) is 8.11. The van der Waals surface area contributed by atoms with Gasteiger partial charge in [-0.25, -0.2) is 4.98 Å². The van der Waals surface area contributed by atoms with Gasteiger partial charge in [0, 0.05) is 6.54 Å². The van der Waals surface area contributed by atoms with Crippen molar-refractivity contribution >= 4 is 17.4 Å². The molecule has 1 aliphatic heterocycles. The number of fused-ring (bicyclic) bond motifs is 1. The minimum atomic E-state index is -0.403. The molecule has 128 valence electrons. The lowest BCUT2D eigenvalue weighted by Crippen LogP contribution is -2.13. The summed E-state index contributed by atoms with van der Waals surface area (Å²) >= 11 is 0. The van der Waals surface area contributed by atoms with Gasteiger partial charge in [-0.1, -0.05) is 18.2 Å². The molecule has 1 atom stereocenters. The summed E-state index contributed by atoms with van der Waals surface area (Å²) in [5.74, 6) is 0.996. The lowest BCUT2D eigenvalue weighted by atomic mass is 10.1. The van der Waals surface area contributed by atoms with Gasteiger partial charge in [-0.05, 0) is 30.7 Å². The number of amides is 1. The zero-order valence-electron chi connectivity index (χ0n) is 14.0. The SMILES string of the molecule is CC(C#N)n1cnnc1-c1cccc(Nc2cccc3c2C(=O)NC3)n1. The summed E-state index contributed by atoms with van der Waals surface area (Å²) in [6.45, 7) is 2.30. The number of carbonyl (C=O) groups excluding carboxylic acids is 1. The summed E-state index contributed by atoms with van der Waals surface area (Å²) in [6, 6.07) is 12.9. The third kappa shape index (κ3) is 2.65. The number of benzene rings is 1. The number of aromatic nitrogens is 4. The lowest BCUT2D eigenvalue weighted by Gasteiger charge is -2.11. The Kier molecular flexibility index (Phi) is 3.82. The van der Waals surface area contributed by atoms with Crippen molar-refractivity contribution in [3.8, 4) is 17.6 Å². The first kappa shape index (κ1) is 15.8. The topological polar surface area (TPSA) is 109 Å². The van der Waals surface area contributed by atoms with E-state index < -0.39 is 6.04 Å². The highest BCUT2D eigenvalue weighted by atomic mass is 16.1. The highest BCUT2D eigenvalue weighted by Crippen LogP contribution is 2.27. The summed E-state index contributed by atoms with van der Waals surface area (Å²) in [5, 5.41) is 23.1. The van der Waals surface area contributed by atoms with Crippen LogP contribution >= 0.6 is 0 Å². The van der Waals surface area contributed by atoms with Crippen LogP contribution in [-0.4, -0.2) is 25.7 Å². The number of nitriles is 1. The van der Waals surface area contributed by atoms with Crippen LogP contribution in [0, 0.1) is 11.3 Å². The van der Waals surface area contributed by atoms with Crippen LogP contribution in [0.3, 0.4) is 0 Å². The van der Waals surface area contributed by atoms with Crippen LogP contribution in [0.15, 0.2) is 42.7 Å². The van der Waals surface area contributed by atoms with E-state index in [0.29, 0.717) is 35.1 Å². The molecule has 0 bridgehead atoms. The highest BCUT2D eigenvalue weighted by molar-refractivity contribution is 6.04. The number of nitrogens with one attached hydrogen (secondary N) is 2. The fraction of sp³-hybridized carbons (Fsp3) is 0.167. The average molecular weight is 345 g/mol. The molecule has 0 spiro atoms. The van der Waals surface area contributed by atoms with E-state index in [9.17, 15) is 4.79 Å². The Bertz CT molecular complexity index is 1030. The molecule has 1 aliphatic rings. The van der Waals surface area contributed by atoms with Gasteiger partial charge in [0.1, 0.15) is 23.9 Å². The van der Waals surface area contributed by atoms with Crippen LogP contribution in [0.1, 0.15) is 28.9 Å². The Labute approximate surface area is 149 Å². The van der Waals surface area contributed by atoms with E-state index in [1.165, 1.54) is 6.33 Å². The molecule has 2 N–H and O–H groups in total. The molecular formula is C18H15N7O. The maximum absolute atomic E-state index is 12.1. The van der Waals surface area contributed by atoms with Crippen molar-refractivity contribution in [1.82, 2.24) is 25.1 Å². The van der Waals surface area contributed by atoms with Crippen molar-refractivity contribution in [3.63, 3.8) is 0 Å². The molecule has 0 radical (unpaired) electrons. The van der Waals surface area contributed by atoms with Gasteiger partial charge in [-0.2, -0.15) is 5.26 Å². The second-order valence-corrected chi connectivity index (χ2v) is 5.92. The summed E-state index contributed by atoms with van der Waals surface area (Å²) < 4.78 is 1.67. The molecule has 8 nitrogen and oxygen atoms in total. The van der Waals surface area contributed by atoms with Gasteiger partial charge in [-0.3, -0.25) is 9.36 Å². The Morgan fingerprint density at radius 2 is 2.15 bits per heavy atom. The van der Waals surface area contributed by atoms with Crippen molar-refractivity contribution < 1.29 is 4.79 Å². The summed E-state index contributed by atoms with van der Waals surface area (Å²) in [7, 11) is 0. The molecule has 0 aliphatic carbocycles. The van der Waals surface area contributed by atoms with Gasteiger partial charge >= 0.3 is 0 Å². The van der Waals surface area contributed by atoms with E-state index in [0.717, 1.165) is 5.56 Å². The molecule has 0 saturated heterocycles. The maximum atomic E-state index is 12.1. The monoisotopic (exact) mass is 345 g/mol. The quantitative estimate of drug-likeness (QED) is 0.752. The molecule has 0 saturated carbocycles. The predicted molar refractivity (Wildman–Crippen MR) is 94.5 cm³/mol. The first-order chi connectivity index (χ1) is 12.7. The molecule has 8 heteroatoms. The molecule has 26 heavy (non-hydrogen) atoms. The normalized spacial score (nSPS) is 13.6. The molecule has 0 fully saturated rings. The second-order valence-electron chi connectivity index (χ2n) is 5.92. The van der Waals surface area contributed by atoms with Gasteiger partial charge in [0.25, 0.3) is 5.91 Å². The summed E-state index contributed by atoms with van der Waals surface area (Å²) in [4.78, 5) is 16.6. The summed E-state index contributed by atoms with van der Waals surface area (Å²) in [6.07, 6.45) is 1.51. The van der Waals surface area contributed by atoms with E-state index in [1.807, 2.05) is 30.3 Å². The van der Waals surface area contributed by atoms with E-state index in [1.54, 1.807) is 17.6 Å². The fourth-order valence-corrected chi connectivity index (χ4v) is 2.92. The molecule has 1 unspecified atom stereocenters. The highest BCUT2D eigenvalue weighted by Gasteiger charge is 2.22. The largest absolute Gasteiger partial charge is 0.348 e. The van der Waals surface area contributed by atoms with Gasteiger partial charge in [0.2, 0.25) is 0 Å². The maximum Gasteiger partial charge on any atom is 0.254 e. The molecule has 3 heterocycles. The molecular weight excluding hydrogens is 330 g/mol. The smallest absolute Gasteiger partial charge is 0.254 e. The Morgan fingerprint density at radius 1 is 1.31 bits per heavy atom. The average Bonchev–Trinajstić information content (AvgIpc) is 3.29. The van der Waals surface area contributed by atoms with Crippen LogP contribution in [0.25, 0.3) is 11.5 Å². The van der Waals surface area contributed by atoms with E-state index in [2.05, 4.69) is 31.9 Å². The molecule has 1 aromatic carbocycles. The van der Waals surface area contributed by atoms with Crippen molar-refractivity contribution in [2.75, 3.05) is 5.32 Å². The van der Waals surface area contributed by atoms with E-state index >= 15 is 0 Å². The Hall–Kier alpha value is -3.73. The number of carbonyl (C=O) groups is 1. The number of rotatable bonds is 4. The zero-order valence-corrected chi connectivity index (χ0v) is 14.0. The lowest BCUT2D eigenvalue weighted by molar-refractivity contribution is 0.0966. The third-order valence-corrected chi connectivity index (χ3v) is 4.24. The van der Waals surface area contributed by atoms with Crippen molar-refractivity contribution in [3.05, 3.63) is 53.9 Å². The molecule has 2 aromatic heterocycles. The van der Waals surface area contributed by atoms with Crippen LogP contribution in [0.4, 0.5) is 11.5 Å². The van der Waals surface area contributed by atoms with Crippen LogP contribution in [0.5, 0.6) is 0 Å². The van der Waals surface area contributed by atoms with E-state index in [4.69, 9.17) is 5.26 Å². The Balaban J connectivity index is 1.69. The number of pyridine rings is 1. The van der Waals surface area contributed by atoms with E-state index in [-0.39, 0.29) is 5.91 Å². The number of anilines is 2. The van der Waals surface area contributed by atoms with Crippen molar-refractivity contribution in [1.29, 1.82) is 5.26 Å². The number of nitrogens with zero attached hydrogens (tertiary/aromatic N) is 5. The summed E-state index contributed by atoms with van der Waals surface area (Å²) in [5.41, 5.74) is 2.89. The van der Waals surface area contributed by atoms with Gasteiger partial charge in [0.05, 0.1) is 17.3 Å². The molecule has 4 rings (SSSR count). The minimum Gasteiger partial charge on any atom is -0.348 e. The van der Waals surface area contributed by atoms with Crippen LogP contribution < -0.4 is 10.6 Å².